The van der Waals surface area contributed by atoms with Gasteiger partial charge in [0.2, 0.25) is 0 Å². The van der Waals surface area contributed by atoms with E-state index in [9.17, 15) is 19.5 Å². The molecule has 0 aromatic rings. The van der Waals surface area contributed by atoms with Gasteiger partial charge in [-0.05, 0) is 49.7 Å². The van der Waals surface area contributed by atoms with Crippen LogP contribution in [0.5, 0.6) is 0 Å². The summed E-state index contributed by atoms with van der Waals surface area (Å²) < 4.78 is 0. The van der Waals surface area contributed by atoms with Crippen LogP contribution in [0.3, 0.4) is 0 Å². The molecule has 4 aliphatic carbocycles. The Morgan fingerprint density at radius 3 is 2.73 bits per heavy atom. The van der Waals surface area contributed by atoms with E-state index in [0.29, 0.717) is 6.42 Å². The Hall–Kier alpha value is -1.59. The van der Waals surface area contributed by atoms with Crippen molar-refractivity contribution < 1.29 is 19.5 Å². The van der Waals surface area contributed by atoms with Crippen LogP contribution in [0.4, 0.5) is 0 Å². The van der Waals surface area contributed by atoms with Crippen molar-refractivity contribution in [3.05, 3.63) is 23.8 Å². The molecule has 26 heavy (non-hydrogen) atoms. The fraction of sp³-hybridized carbons (Fsp3) is 0.667. The van der Waals surface area contributed by atoms with Crippen molar-refractivity contribution in [1.82, 2.24) is 0 Å². The lowest BCUT2D eigenvalue weighted by molar-refractivity contribution is -0.166. The molecule has 0 radical (unpaired) electrons. The van der Waals surface area contributed by atoms with E-state index < -0.39 is 16.4 Å². The van der Waals surface area contributed by atoms with Gasteiger partial charge in [0.25, 0.3) is 0 Å². The molecule has 0 aromatic heterocycles. The number of carbonyl (C=O) groups excluding carboxylic acids is 3. The number of aliphatic hydroxyl groups is 1. The Kier molecular flexibility index (Phi) is 3.74. The summed E-state index contributed by atoms with van der Waals surface area (Å²) in [6, 6.07) is 0. The summed E-state index contributed by atoms with van der Waals surface area (Å²) in [7, 11) is 0. The third kappa shape index (κ3) is 2.01. The van der Waals surface area contributed by atoms with Crippen molar-refractivity contribution in [2.75, 3.05) is 6.54 Å². The van der Waals surface area contributed by atoms with Crippen LogP contribution in [0.25, 0.3) is 0 Å². The van der Waals surface area contributed by atoms with Crippen molar-refractivity contribution in [2.45, 2.75) is 51.6 Å². The lowest BCUT2D eigenvalue weighted by Gasteiger charge is -2.56. The highest BCUT2D eigenvalue weighted by Gasteiger charge is 2.68. The zero-order chi connectivity index (χ0) is 18.9. The quantitative estimate of drug-likeness (QED) is 0.784. The van der Waals surface area contributed by atoms with Gasteiger partial charge < -0.3 is 10.8 Å². The van der Waals surface area contributed by atoms with E-state index in [2.05, 4.69) is 6.92 Å². The molecular formula is C21H27NO4. The molecule has 4 rings (SSSR count). The molecule has 0 saturated heterocycles. The van der Waals surface area contributed by atoms with E-state index in [1.165, 1.54) is 0 Å². The fourth-order valence-corrected chi connectivity index (χ4v) is 6.66. The minimum Gasteiger partial charge on any atom is -0.381 e. The van der Waals surface area contributed by atoms with E-state index in [1.807, 2.05) is 13.0 Å². The van der Waals surface area contributed by atoms with Crippen LogP contribution in [0.1, 0.15) is 46.0 Å². The maximum Gasteiger partial charge on any atom is 0.178 e. The molecule has 4 aliphatic rings. The number of allylic oxidation sites excluding steroid dienone is 4. The summed E-state index contributed by atoms with van der Waals surface area (Å²) in [5.74, 6) is -0.186. The molecule has 0 heterocycles. The highest BCUT2D eigenvalue weighted by molar-refractivity contribution is 6.02. The van der Waals surface area contributed by atoms with Crippen LogP contribution in [0.2, 0.25) is 0 Å². The molecule has 5 heteroatoms. The summed E-state index contributed by atoms with van der Waals surface area (Å²) >= 11 is 0. The first-order valence-corrected chi connectivity index (χ1v) is 9.60. The minimum absolute atomic E-state index is 0.00666. The Bertz CT molecular complexity index is 768. The van der Waals surface area contributed by atoms with Gasteiger partial charge in [0.05, 0.1) is 6.54 Å². The zero-order valence-corrected chi connectivity index (χ0v) is 15.5. The summed E-state index contributed by atoms with van der Waals surface area (Å²) in [5.41, 5.74) is 3.95. The van der Waals surface area contributed by atoms with Crippen LogP contribution < -0.4 is 5.73 Å². The van der Waals surface area contributed by atoms with E-state index in [1.54, 1.807) is 12.2 Å². The number of nitrogens with two attached hydrogens (primary N) is 1. The maximum absolute atomic E-state index is 13.3. The van der Waals surface area contributed by atoms with Crippen molar-refractivity contribution >= 4 is 17.3 Å². The number of fused-ring (bicyclic) bond motifs is 5. The van der Waals surface area contributed by atoms with Crippen molar-refractivity contribution in [1.29, 1.82) is 0 Å². The first-order chi connectivity index (χ1) is 12.2. The zero-order valence-electron chi connectivity index (χ0n) is 15.5. The van der Waals surface area contributed by atoms with Crippen LogP contribution in [-0.2, 0) is 14.4 Å². The highest BCUT2D eigenvalue weighted by Crippen LogP contribution is 2.65. The second-order valence-corrected chi connectivity index (χ2v) is 9.06. The SMILES string of the molecule is CC12C=CC(=O)C=C1CCC1C2C(=O)CC2(C)C1CCC2(O)C(=O)CN. The van der Waals surface area contributed by atoms with Gasteiger partial charge in [0.1, 0.15) is 11.4 Å². The molecule has 140 valence electrons. The topological polar surface area (TPSA) is 97.5 Å². The smallest absolute Gasteiger partial charge is 0.178 e. The largest absolute Gasteiger partial charge is 0.381 e. The molecule has 6 atom stereocenters. The van der Waals surface area contributed by atoms with Crippen LogP contribution in [-0.4, -0.2) is 34.6 Å². The molecular weight excluding hydrogens is 330 g/mol. The van der Waals surface area contributed by atoms with Crippen LogP contribution in [0, 0.1) is 28.6 Å². The Morgan fingerprint density at radius 1 is 1.31 bits per heavy atom. The van der Waals surface area contributed by atoms with Gasteiger partial charge in [0, 0.05) is 23.2 Å². The van der Waals surface area contributed by atoms with E-state index in [-0.39, 0.29) is 48.1 Å². The normalized spacial score (nSPS) is 47.1. The van der Waals surface area contributed by atoms with Crippen LogP contribution in [0.15, 0.2) is 23.8 Å². The van der Waals surface area contributed by atoms with Gasteiger partial charge in [-0.15, -0.1) is 0 Å². The Labute approximate surface area is 153 Å². The molecule has 3 N–H and O–H groups in total. The molecule has 3 fully saturated rings. The number of ketones is 3. The Morgan fingerprint density at radius 2 is 2.04 bits per heavy atom. The van der Waals surface area contributed by atoms with E-state index in [4.69, 9.17) is 5.73 Å². The minimum atomic E-state index is -1.50. The maximum atomic E-state index is 13.3. The average molecular weight is 357 g/mol. The van der Waals surface area contributed by atoms with E-state index in [0.717, 1.165) is 24.8 Å². The molecule has 0 spiro atoms. The fourth-order valence-electron chi connectivity index (χ4n) is 6.66. The molecule has 0 amide bonds. The van der Waals surface area contributed by atoms with E-state index >= 15 is 0 Å². The van der Waals surface area contributed by atoms with Gasteiger partial charge in [-0.3, -0.25) is 14.4 Å². The van der Waals surface area contributed by atoms with Gasteiger partial charge in [-0.1, -0.05) is 25.5 Å². The second-order valence-electron chi connectivity index (χ2n) is 9.06. The van der Waals surface area contributed by atoms with Crippen molar-refractivity contribution in [3.63, 3.8) is 0 Å². The molecule has 0 bridgehead atoms. The first-order valence-electron chi connectivity index (χ1n) is 9.60. The highest BCUT2D eigenvalue weighted by atomic mass is 16.3. The molecule has 0 aromatic carbocycles. The Balaban J connectivity index is 1.76. The van der Waals surface area contributed by atoms with Gasteiger partial charge in [0.15, 0.2) is 11.6 Å². The molecule has 0 aliphatic heterocycles. The monoisotopic (exact) mass is 357 g/mol. The molecule has 3 saturated carbocycles. The number of hydrogen-bond acceptors (Lipinski definition) is 5. The molecule has 5 nitrogen and oxygen atoms in total. The van der Waals surface area contributed by atoms with Crippen molar-refractivity contribution in [2.24, 2.45) is 34.3 Å². The first kappa shape index (κ1) is 17.8. The predicted octanol–water partition coefficient (Wildman–Crippen LogP) is 1.73. The van der Waals surface area contributed by atoms with Gasteiger partial charge in [-0.2, -0.15) is 0 Å². The average Bonchev–Trinajstić information content (AvgIpc) is 2.86. The molecule has 6 unspecified atom stereocenters. The number of rotatable bonds is 2. The summed E-state index contributed by atoms with van der Waals surface area (Å²) in [5, 5.41) is 11.2. The summed E-state index contributed by atoms with van der Waals surface area (Å²) in [6.45, 7) is 3.77. The third-order valence-electron chi connectivity index (χ3n) is 8.06. The van der Waals surface area contributed by atoms with Crippen molar-refractivity contribution in [3.8, 4) is 0 Å². The lowest BCUT2D eigenvalue weighted by Crippen LogP contribution is -2.61. The third-order valence-corrected chi connectivity index (χ3v) is 8.06. The lowest BCUT2D eigenvalue weighted by atomic mass is 9.46. The van der Waals surface area contributed by atoms with Crippen LogP contribution >= 0.6 is 0 Å². The predicted molar refractivity (Wildman–Crippen MR) is 96.0 cm³/mol. The van der Waals surface area contributed by atoms with Gasteiger partial charge >= 0.3 is 0 Å². The number of hydrogen-bond donors (Lipinski definition) is 2. The second kappa shape index (κ2) is 5.46. The summed E-state index contributed by atoms with van der Waals surface area (Å²) in [4.78, 5) is 37.6. The standard InChI is InChI=1S/C21H27NO4/c1-19-7-5-13(23)9-12(19)3-4-14-15-6-8-21(26,17(25)11-22)20(15,2)10-16(24)18(14)19/h5,7,9,14-15,18,26H,3-4,6,8,10-11,22H2,1-2H3. The number of carbonyl (C=O) groups is 3. The number of Topliss-reactive ketones (excluding diaryl/α,β-unsaturated/α-hetero) is 2. The van der Waals surface area contributed by atoms with Gasteiger partial charge in [-0.25, -0.2) is 0 Å². The summed E-state index contributed by atoms with van der Waals surface area (Å²) in [6.07, 6.45) is 8.12.